The van der Waals surface area contributed by atoms with Crippen LogP contribution in [0.25, 0.3) is 0 Å². The minimum atomic E-state index is -1.71. The van der Waals surface area contributed by atoms with Crippen molar-refractivity contribution < 1.29 is 28.5 Å². The van der Waals surface area contributed by atoms with Crippen LogP contribution in [0.4, 0.5) is 20.2 Å². The Bertz CT molecular complexity index is 670. The van der Waals surface area contributed by atoms with Crippen LogP contribution in [0.3, 0.4) is 0 Å². The first-order valence-electron chi connectivity index (χ1n) is 4.63. The Morgan fingerprint density at radius 3 is 2.53 bits per heavy atom. The molecular weight excluding hydrogens is 268 g/mol. The van der Waals surface area contributed by atoms with Crippen molar-refractivity contribution in [2.24, 2.45) is 5.16 Å². The van der Waals surface area contributed by atoms with Crippen LogP contribution in [0.5, 0.6) is 0 Å². The quantitative estimate of drug-likeness (QED) is 0.334. The summed E-state index contributed by atoms with van der Waals surface area (Å²) in [6, 6.07) is 0.464. The number of nitrogens with one attached hydrogen (secondary N) is 1. The fourth-order valence-corrected chi connectivity index (χ4v) is 1.60. The van der Waals surface area contributed by atoms with Gasteiger partial charge in [0.2, 0.25) is 11.6 Å². The lowest BCUT2D eigenvalue weighted by Gasteiger charge is -2.17. The molecule has 1 aliphatic heterocycles. The van der Waals surface area contributed by atoms with Crippen LogP contribution in [0.15, 0.2) is 11.2 Å². The Labute approximate surface area is 102 Å². The van der Waals surface area contributed by atoms with Crippen LogP contribution >= 0.6 is 0 Å². The van der Waals surface area contributed by atoms with E-state index in [9.17, 15) is 28.5 Å². The highest BCUT2D eigenvalue weighted by atomic mass is 19.1. The van der Waals surface area contributed by atoms with Gasteiger partial charge in [0.05, 0.1) is 16.2 Å². The summed E-state index contributed by atoms with van der Waals surface area (Å²) in [5.41, 5.74) is -3.90. The van der Waals surface area contributed by atoms with Gasteiger partial charge in [-0.05, 0) is 0 Å². The number of nitro groups is 1. The van der Waals surface area contributed by atoms with Gasteiger partial charge in [0.15, 0.2) is 5.71 Å². The van der Waals surface area contributed by atoms with Gasteiger partial charge in [-0.1, -0.05) is 5.16 Å². The van der Waals surface area contributed by atoms with Crippen LogP contribution < -0.4 is 5.32 Å². The molecule has 2 N–H and O–H groups in total. The molecule has 98 valence electrons. The van der Waals surface area contributed by atoms with E-state index in [-0.39, 0.29) is 0 Å². The third kappa shape index (κ3) is 1.69. The lowest BCUT2D eigenvalue weighted by molar-refractivity contribution is -0.390. The number of hydrogen-bond donors (Lipinski definition) is 2. The van der Waals surface area contributed by atoms with Crippen molar-refractivity contribution in [3.63, 3.8) is 0 Å². The molecule has 1 amide bonds. The Balaban J connectivity index is 2.84. The SMILES string of the molecule is O=C1Nc2cc(F)c([N+](=O)[O-])c(F)c2/C(=N/O)C1=O. The molecule has 0 saturated carbocycles. The number of anilines is 1. The number of carbonyl (C=O) groups is 2. The van der Waals surface area contributed by atoms with E-state index in [2.05, 4.69) is 5.16 Å². The molecule has 0 fully saturated rings. The molecule has 2 rings (SSSR count). The average molecular weight is 271 g/mol. The molecule has 0 saturated heterocycles. The number of rotatable bonds is 1. The van der Waals surface area contributed by atoms with E-state index in [0.29, 0.717) is 6.07 Å². The van der Waals surface area contributed by atoms with Gasteiger partial charge < -0.3 is 10.5 Å². The maximum Gasteiger partial charge on any atom is 0.340 e. The number of nitrogens with zero attached hydrogens (tertiary/aromatic N) is 2. The van der Waals surface area contributed by atoms with Gasteiger partial charge in [0.1, 0.15) is 0 Å². The Hall–Kier alpha value is -2.91. The van der Waals surface area contributed by atoms with Crippen molar-refractivity contribution in [1.82, 2.24) is 0 Å². The Morgan fingerprint density at radius 2 is 2.00 bits per heavy atom. The summed E-state index contributed by atoms with van der Waals surface area (Å²) < 4.78 is 27.2. The predicted octanol–water partition coefficient (Wildman–Crippen LogP) is 0.573. The van der Waals surface area contributed by atoms with E-state index in [0.717, 1.165) is 0 Å². The molecule has 8 nitrogen and oxygen atoms in total. The molecule has 10 heteroatoms. The van der Waals surface area contributed by atoms with Crippen molar-refractivity contribution in [2.75, 3.05) is 5.32 Å². The maximum atomic E-state index is 13.8. The summed E-state index contributed by atoms with van der Waals surface area (Å²) in [6.07, 6.45) is 0. The molecule has 0 unspecified atom stereocenters. The fourth-order valence-electron chi connectivity index (χ4n) is 1.60. The molecule has 1 aromatic rings. The molecule has 19 heavy (non-hydrogen) atoms. The second-order valence-electron chi connectivity index (χ2n) is 3.43. The average Bonchev–Trinajstić information content (AvgIpc) is 2.31. The van der Waals surface area contributed by atoms with Gasteiger partial charge in [-0.3, -0.25) is 19.7 Å². The predicted molar refractivity (Wildman–Crippen MR) is 55.0 cm³/mol. The zero-order valence-electron chi connectivity index (χ0n) is 8.81. The number of halogens is 2. The zero-order valence-corrected chi connectivity index (χ0v) is 8.81. The van der Waals surface area contributed by atoms with Crippen molar-refractivity contribution in [1.29, 1.82) is 0 Å². The van der Waals surface area contributed by atoms with Crippen molar-refractivity contribution in [3.8, 4) is 0 Å². The van der Waals surface area contributed by atoms with Crippen LogP contribution in [-0.4, -0.2) is 27.5 Å². The molecule has 0 atom stereocenters. The van der Waals surface area contributed by atoms with E-state index in [1.807, 2.05) is 5.32 Å². The number of ketones is 1. The first-order valence-corrected chi connectivity index (χ1v) is 4.63. The maximum absolute atomic E-state index is 13.8. The number of Topliss-reactive ketones (excluding diaryl/α,β-unsaturated/α-hetero) is 1. The van der Waals surface area contributed by atoms with E-state index in [4.69, 9.17) is 5.21 Å². The highest BCUT2D eigenvalue weighted by Crippen LogP contribution is 2.33. The van der Waals surface area contributed by atoms with Crippen LogP contribution in [0, 0.1) is 21.7 Å². The summed E-state index contributed by atoms with van der Waals surface area (Å²) in [4.78, 5) is 31.6. The summed E-state index contributed by atoms with van der Waals surface area (Å²) in [5.74, 6) is -5.91. The third-order valence-corrected chi connectivity index (χ3v) is 2.38. The van der Waals surface area contributed by atoms with E-state index in [1.54, 1.807) is 0 Å². The lowest BCUT2D eigenvalue weighted by atomic mass is 9.98. The second-order valence-corrected chi connectivity index (χ2v) is 3.43. The van der Waals surface area contributed by atoms with E-state index >= 15 is 0 Å². The lowest BCUT2D eigenvalue weighted by Crippen LogP contribution is -2.37. The van der Waals surface area contributed by atoms with Crippen LogP contribution in [-0.2, 0) is 9.59 Å². The molecule has 1 aliphatic rings. The number of amides is 1. The summed E-state index contributed by atoms with van der Waals surface area (Å²) in [7, 11) is 0. The van der Waals surface area contributed by atoms with Gasteiger partial charge >= 0.3 is 5.69 Å². The molecule has 0 spiro atoms. The Morgan fingerprint density at radius 1 is 1.37 bits per heavy atom. The molecule has 0 aliphatic carbocycles. The zero-order chi connectivity index (χ0) is 14.3. The first-order chi connectivity index (χ1) is 8.88. The Kier molecular flexibility index (Phi) is 2.70. The number of nitro benzene ring substituents is 1. The van der Waals surface area contributed by atoms with Gasteiger partial charge in [-0.15, -0.1) is 0 Å². The number of hydrogen-bond acceptors (Lipinski definition) is 6. The first kappa shape index (κ1) is 12.5. The highest BCUT2D eigenvalue weighted by Gasteiger charge is 2.38. The second kappa shape index (κ2) is 4.08. The van der Waals surface area contributed by atoms with Crippen LogP contribution in [0.1, 0.15) is 5.56 Å². The van der Waals surface area contributed by atoms with Gasteiger partial charge in [-0.2, -0.15) is 8.78 Å². The largest absolute Gasteiger partial charge is 0.410 e. The van der Waals surface area contributed by atoms with Crippen LogP contribution in [0.2, 0.25) is 0 Å². The van der Waals surface area contributed by atoms with E-state index < -0.39 is 50.9 Å². The topological polar surface area (TPSA) is 122 Å². The highest BCUT2D eigenvalue weighted by molar-refractivity contribution is 6.72. The summed E-state index contributed by atoms with van der Waals surface area (Å²) in [6.45, 7) is 0. The number of carbonyl (C=O) groups excluding carboxylic acids is 2. The van der Waals surface area contributed by atoms with Gasteiger partial charge in [0.25, 0.3) is 11.7 Å². The third-order valence-electron chi connectivity index (χ3n) is 2.38. The minimum absolute atomic E-state index is 0.464. The normalized spacial score (nSPS) is 16.2. The molecule has 0 radical (unpaired) electrons. The number of oxime groups is 1. The molecule has 0 bridgehead atoms. The van der Waals surface area contributed by atoms with Crippen molar-refractivity contribution >= 4 is 28.8 Å². The van der Waals surface area contributed by atoms with E-state index in [1.165, 1.54) is 0 Å². The van der Waals surface area contributed by atoms with Gasteiger partial charge in [0, 0.05) is 6.07 Å². The van der Waals surface area contributed by atoms with Gasteiger partial charge in [-0.25, -0.2) is 0 Å². The summed E-state index contributed by atoms with van der Waals surface area (Å²) >= 11 is 0. The standard InChI is InChI=1S/C9H3F2N3O5/c10-2-1-3-4(5(11)7(2)14(18)19)6(13-17)8(15)9(16)12-3/h1,17H,(H,12,16)/b13-6-. The monoisotopic (exact) mass is 271 g/mol. The van der Waals surface area contributed by atoms with Crippen molar-refractivity contribution in [2.45, 2.75) is 0 Å². The smallest absolute Gasteiger partial charge is 0.340 e. The number of fused-ring (bicyclic) bond motifs is 1. The van der Waals surface area contributed by atoms with Crippen molar-refractivity contribution in [3.05, 3.63) is 33.4 Å². The fraction of sp³-hybridized carbons (Fsp3) is 0. The summed E-state index contributed by atoms with van der Waals surface area (Å²) in [5, 5.41) is 23.4. The molecule has 1 heterocycles. The molecular formula is C9H3F2N3O5. The molecule has 1 aromatic carbocycles. The number of benzene rings is 1. The molecule has 0 aromatic heterocycles. The minimum Gasteiger partial charge on any atom is -0.410 e.